The maximum Gasteiger partial charge on any atom is 0.242 e. The van der Waals surface area contributed by atoms with Gasteiger partial charge in [-0.15, -0.1) is 0 Å². The summed E-state index contributed by atoms with van der Waals surface area (Å²) < 4.78 is 41.6. The molecule has 1 N–H and O–H groups in total. The average molecular weight is 423 g/mol. The Bertz CT molecular complexity index is 973. The Labute approximate surface area is 171 Å². The molecule has 158 valence electrons. The molecular weight excluding hydrogens is 396 g/mol. The van der Waals surface area contributed by atoms with Crippen LogP contribution in [-0.2, 0) is 21.2 Å². The van der Waals surface area contributed by atoms with Crippen LogP contribution in [0, 0.1) is 0 Å². The Morgan fingerprint density at radius 1 is 0.966 bits per heavy atom. The molecule has 8 nitrogen and oxygen atoms in total. The van der Waals surface area contributed by atoms with Gasteiger partial charge in [0.2, 0.25) is 15.9 Å². The summed E-state index contributed by atoms with van der Waals surface area (Å²) in [7, 11) is 3.91. The van der Waals surface area contributed by atoms with Gasteiger partial charge in [0.1, 0.15) is 17.2 Å². The molecule has 29 heavy (non-hydrogen) atoms. The topological polar surface area (TPSA) is 94.2 Å². The average Bonchev–Trinajstić information content (AvgIpc) is 2.72. The van der Waals surface area contributed by atoms with Gasteiger partial charge < -0.3 is 19.5 Å². The van der Waals surface area contributed by atoms with Crippen LogP contribution in [0.4, 0.5) is 5.69 Å². The predicted molar refractivity (Wildman–Crippen MR) is 110 cm³/mol. The summed E-state index contributed by atoms with van der Waals surface area (Å²) in [5.74, 6) is 1.38. The van der Waals surface area contributed by atoms with Crippen LogP contribution in [0.3, 0.4) is 0 Å². The molecule has 0 unspecified atom stereocenters. The molecule has 0 bridgehead atoms. The van der Waals surface area contributed by atoms with Crippen LogP contribution in [-0.4, -0.2) is 54.1 Å². The first-order valence-corrected chi connectivity index (χ1v) is 10.3. The van der Waals surface area contributed by atoms with Gasteiger partial charge in [0.15, 0.2) is 0 Å². The number of benzene rings is 2. The third-order valence-corrected chi connectivity index (χ3v) is 6.15. The summed E-state index contributed by atoms with van der Waals surface area (Å²) in [6.45, 7) is 0. The van der Waals surface area contributed by atoms with E-state index in [9.17, 15) is 13.2 Å². The number of aryl methyl sites for hydroxylation is 1. The lowest BCUT2D eigenvalue weighted by atomic mass is 10.1. The molecule has 1 amide bonds. The molecule has 0 radical (unpaired) electrons. The molecule has 0 saturated heterocycles. The number of hydrogen-bond donors (Lipinski definition) is 1. The van der Waals surface area contributed by atoms with Crippen LogP contribution < -0.4 is 19.5 Å². The Morgan fingerprint density at radius 2 is 1.66 bits per heavy atom. The van der Waals surface area contributed by atoms with E-state index < -0.39 is 10.0 Å². The zero-order valence-corrected chi connectivity index (χ0v) is 18.0. The van der Waals surface area contributed by atoms with Crippen LogP contribution in [0.5, 0.6) is 17.2 Å². The fourth-order valence-electron chi connectivity index (χ4n) is 2.68. The van der Waals surface area contributed by atoms with Crippen molar-refractivity contribution in [1.82, 2.24) is 4.31 Å². The lowest BCUT2D eigenvalue weighted by Gasteiger charge is -2.15. The maximum absolute atomic E-state index is 12.4. The zero-order valence-electron chi connectivity index (χ0n) is 17.2. The molecule has 0 aromatic heterocycles. The van der Waals surface area contributed by atoms with Gasteiger partial charge in [-0.3, -0.25) is 4.79 Å². The van der Waals surface area contributed by atoms with E-state index in [-0.39, 0.29) is 17.2 Å². The number of hydrogen-bond acceptors (Lipinski definition) is 6. The summed E-state index contributed by atoms with van der Waals surface area (Å²) in [5.41, 5.74) is 1.15. The maximum atomic E-state index is 12.4. The molecule has 0 saturated carbocycles. The number of carbonyl (C=O) groups is 1. The van der Waals surface area contributed by atoms with Crippen molar-refractivity contribution in [2.45, 2.75) is 17.7 Å². The normalized spacial score (nSPS) is 11.2. The van der Waals surface area contributed by atoms with Crippen molar-refractivity contribution in [3.63, 3.8) is 0 Å². The van der Waals surface area contributed by atoms with Gasteiger partial charge in [0, 0.05) is 26.6 Å². The number of anilines is 1. The smallest absolute Gasteiger partial charge is 0.242 e. The fraction of sp³-hybridized carbons (Fsp3) is 0.350. The largest absolute Gasteiger partial charge is 0.497 e. The van der Waals surface area contributed by atoms with Crippen LogP contribution >= 0.6 is 0 Å². The van der Waals surface area contributed by atoms with E-state index >= 15 is 0 Å². The molecular formula is C20H26N2O6S. The molecule has 2 rings (SSSR count). The van der Waals surface area contributed by atoms with Gasteiger partial charge in [-0.05, 0) is 42.3 Å². The van der Waals surface area contributed by atoms with E-state index in [2.05, 4.69) is 5.32 Å². The van der Waals surface area contributed by atoms with E-state index in [0.29, 0.717) is 34.9 Å². The standard InChI is InChI=1S/C20H26N2O6S/c1-22(2)29(24,25)16-8-10-18(27-4)14(12-16)6-11-20(23)21-17-9-7-15(26-3)13-19(17)28-5/h7-10,12-13H,6,11H2,1-5H3,(H,21,23). The van der Waals surface area contributed by atoms with Crippen LogP contribution in [0.25, 0.3) is 0 Å². The van der Waals surface area contributed by atoms with Crippen LogP contribution in [0.2, 0.25) is 0 Å². The number of sulfonamides is 1. The lowest BCUT2D eigenvalue weighted by Crippen LogP contribution is -2.22. The zero-order chi connectivity index (χ0) is 21.6. The van der Waals surface area contributed by atoms with Crippen molar-refractivity contribution in [2.75, 3.05) is 40.7 Å². The van der Waals surface area contributed by atoms with Gasteiger partial charge >= 0.3 is 0 Å². The van der Waals surface area contributed by atoms with Crippen LogP contribution in [0.15, 0.2) is 41.3 Å². The first kappa shape index (κ1) is 22.5. The van der Waals surface area contributed by atoms with E-state index in [0.717, 1.165) is 4.31 Å². The molecule has 0 aliphatic rings. The van der Waals surface area contributed by atoms with Crippen molar-refractivity contribution in [3.05, 3.63) is 42.0 Å². The van der Waals surface area contributed by atoms with E-state index in [1.54, 1.807) is 31.4 Å². The number of methoxy groups -OCH3 is 3. The summed E-state index contributed by atoms with van der Waals surface area (Å²) in [5, 5.41) is 2.80. The fourth-order valence-corrected chi connectivity index (χ4v) is 3.64. The van der Waals surface area contributed by atoms with Crippen molar-refractivity contribution in [2.24, 2.45) is 0 Å². The third kappa shape index (κ3) is 5.39. The number of nitrogens with zero attached hydrogens (tertiary/aromatic N) is 1. The quantitative estimate of drug-likeness (QED) is 0.667. The molecule has 2 aromatic carbocycles. The summed E-state index contributed by atoms with van der Waals surface area (Å²) in [6.07, 6.45) is 0.446. The van der Waals surface area contributed by atoms with E-state index in [1.807, 2.05) is 0 Å². The van der Waals surface area contributed by atoms with Gasteiger partial charge in [0.05, 0.1) is 31.9 Å². The monoisotopic (exact) mass is 422 g/mol. The molecule has 0 aliphatic carbocycles. The molecule has 0 aliphatic heterocycles. The number of nitrogens with one attached hydrogen (secondary N) is 1. The van der Waals surface area contributed by atoms with Crippen molar-refractivity contribution < 1.29 is 27.4 Å². The summed E-state index contributed by atoms with van der Waals surface area (Å²) in [4.78, 5) is 12.6. The van der Waals surface area contributed by atoms with E-state index in [1.165, 1.54) is 40.4 Å². The predicted octanol–water partition coefficient (Wildman–Crippen LogP) is 2.53. The molecule has 0 atom stereocenters. The van der Waals surface area contributed by atoms with Gasteiger partial charge in [0.25, 0.3) is 0 Å². The molecule has 0 fully saturated rings. The number of carbonyl (C=O) groups excluding carboxylic acids is 1. The Morgan fingerprint density at radius 3 is 2.24 bits per heavy atom. The minimum absolute atomic E-state index is 0.136. The lowest BCUT2D eigenvalue weighted by molar-refractivity contribution is -0.116. The Hall–Kier alpha value is -2.78. The highest BCUT2D eigenvalue weighted by Gasteiger charge is 2.19. The van der Waals surface area contributed by atoms with Gasteiger partial charge in [-0.25, -0.2) is 12.7 Å². The highest BCUT2D eigenvalue weighted by Crippen LogP contribution is 2.29. The van der Waals surface area contributed by atoms with Crippen LogP contribution in [0.1, 0.15) is 12.0 Å². The van der Waals surface area contributed by atoms with E-state index in [4.69, 9.17) is 14.2 Å². The molecule has 9 heteroatoms. The van der Waals surface area contributed by atoms with Crippen molar-refractivity contribution >= 4 is 21.6 Å². The highest BCUT2D eigenvalue weighted by atomic mass is 32.2. The van der Waals surface area contributed by atoms with Crippen molar-refractivity contribution in [3.8, 4) is 17.2 Å². The minimum atomic E-state index is -3.58. The first-order valence-electron chi connectivity index (χ1n) is 8.84. The minimum Gasteiger partial charge on any atom is -0.497 e. The van der Waals surface area contributed by atoms with Gasteiger partial charge in [-0.1, -0.05) is 0 Å². The van der Waals surface area contributed by atoms with Gasteiger partial charge in [-0.2, -0.15) is 0 Å². The first-order chi connectivity index (χ1) is 13.7. The SMILES string of the molecule is COc1ccc(NC(=O)CCc2cc(S(=O)(=O)N(C)C)ccc2OC)c(OC)c1. The summed E-state index contributed by atoms with van der Waals surface area (Å²) >= 11 is 0. The van der Waals surface area contributed by atoms with Crippen molar-refractivity contribution in [1.29, 1.82) is 0 Å². The highest BCUT2D eigenvalue weighted by molar-refractivity contribution is 7.89. The summed E-state index contributed by atoms with van der Waals surface area (Å²) in [6, 6.07) is 9.71. The Balaban J connectivity index is 2.16. The number of ether oxygens (including phenoxy) is 3. The molecule has 0 heterocycles. The molecule has 0 spiro atoms. The number of rotatable bonds is 9. The Kier molecular flexibility index (Phi) is 7.46. The second-order valence-corrected chi connectivity index (χ2v) is 8.53. The second-order valence-electron chi connectivity index (χ2n) is 6.38. The third-order valence-electron chi connectivity index (χ3n) is 4.33. The second kappa shape index (κ2) is 9.62. The molecule has 2 aromatic rings. The number of amides is 1.